The van der Waals surface area contributed by atoms with Gasteiger partial charge in [0.1, 0.15) is 0 Å². The van der Waals surface area contributed by atoms with E-state index in [0.29, 0.717) is 5.56 Å². The molecule has 1 heterocycles. The fraction of sp³-hybridized carbons (Fsp3) is 0.333. The molecule has 0 aliphatic heterocycles. The first-order chi connectivity index (χ1) is 5.65. The van der Waals surface area contributed by atoms with Crippen molar-refractivity contribution >= 4 is 5.91 Å². The SMILES string of the molecule is CNC(=O)c1cnc(C)cc1C. The van der Waals surface area contributed by atoms with E-state index in [2.05, 4.69) is 10.3 Å². The number of carbonyl (C=O) groups excluding carboxylic acids is 1. The topological polar surface area (TPSA) is 42.0 Å². The zero-order valence-electron chi connectivity index (χ0n) is 7.51. The normalized spacial score (nSPS) is 9.58. The van der Waals surface area contributed by atoms with E-state index in [4.69, 9.17) is 0 Å². The van der Waals surface area contributed by atoms with Gasteiger partial charge < -0.3 is 5.32 Å². The molecule has 12 heavy (non-hydrogen) atoms. The molecule has 0 atom stereocenters. The summed E-state index contributed by atoms with van der Waals surface area (Å²) in [6.45, 7) is 3.81. The fourth-order valence-corrected chi connectivity index (χ4v) is 1.07. The van der Waals surface area contributed by atoms with Crippen LogP contribution in [0.15, 0.2) is 12.3 Å². The minimum atomic E-state index is -0.0833. The van der Waals surface area contributed by atoms with Gasteiger partial charge in [-0.15, -0.1) is 0 Å². The molecule has 0 unspecified atom stereocenters. The third kappa shape index (κ3) is 1.61. The lowest BCUT2D eigenvalue weighted by molar-refractivity contribution is 0.0962. The second-order valence-electron chi connectivity index (χ2n) is 2.72. The average molecular weight is 164 g/mol. The third-order valence-corrected chi connectivity index (χ3v) is 1.72. The minimum Gasteiger partial charge on any atom is -0.355 e. The average Bonchev–Trinajstić information content (AvgIpc) is 2.03. The van der Waals surface area contributed by atoms with Gasteiger partial charge in [-0.05, 0) is 25.5 Å². The van der Waals surface area contributed by atoms with Crippen LogP contribution in [0.3, 0.4) is 0 Å². The molecule has 0 saturated carbocycles. The first-order valence-electron chi connectivity index (χ1n) is 3.80. The maximum Gasteiger partial charge on any atom is 0.252 e. The van der Waals surface area contributed by atoms with E-state index < -0.39 is 0 Å². The maximum absolute atomic E-state index is 11.2. The Balaban J connectivity index is 3.09. The lowest BCUT2D eigenvalue weighted by Crippen LogP contribution is -2.19. The van der Waals surface area contributed by atoms with Crippen molar-refractivity contribution in [2.24, 2.45) is 0 Å². The number of nitrogens with one attached hydrogen (secondary N) is 1. The van der Waals surface area contributed by atoms with Crippen LogP contribution in [-0.4, -0.2) is 17.9 Å². The van der Waals surface area contributed by atoms with Crippen LogP contribution in [0.25, 0.3) is 0 Å². The summed E-state index contributed by atoms with van der Waals surface area (Å²) in [6, 6.07) is 1.89. The van der Waals surface area contributed by atoms with Gasteiger partial charge >= 0.3 is 0 Å². The molecule has 0 spiro atoms. The summed E-state index contributed by atoms with van der Waals surface area (Å²) in [5, 5.41) is 2.56. The number of pyridine rings is 1. The summed E-state index contributed by atoms with van der Waals surface area (Å²) in [5.41, 5.74) is 2.53. The van der Waals surface area contributed by atoms with Crippen molar-refractivity contribution < 1.29 is 4.79 Å². The molecule has 1 aromatic rings. The summed E-state index contributed by atoms with van der Waals surface area (Å²) < 4.78 is 0. The van der Waals surface area contributed by atoms with Gasteiger partial charge in [-0.25, -0.2) is 0 Å². The molecule has 1 rings (SSSR count). The Bertz CT molecular complexity index is 307. The first kappa shape index (κ1) is 8.71. The maximum atomic E-state index is 11.2. The number of rotatable bonds is 1. The van der Waals surface area contributed by atoms with E-state index in [9.17, 15) is 4.79 Å². The Morgan fingerprint density at radius 2 is 2.17 bits per heavy atom. The van der Waals surface area contributed by atoms with Gasteiger partial charge in [0, 0.05) is 18.9 Å². The van der Waals surface area contributed by atoms with Crippen LogP contribution in [0.4, 0.5) is 0 Å². The summed E-state index contributed by atoms with van der Waals surface area (Å²) >= 11 is 0. The summed E-state index contributed by atoms with van der Waals surface area (Å²) in [6.07, 6.45) is 1.60. The molecule has 0 aliphatic rings. The number of aromatic nitrogens is 1. The Kier molecular flexibility index (Phi) is 2.43. The quantitative estimate of drug-likeness (QED) is 0.674. The van der Waals surface area contributed by atoms with Gasteiger partial charge in [-0.1, -0.05) is 0 Å². The molecule has 0 bridgehead atoms. The minimum absolute atomic E-state index is 0.0833. The second-order valence-corrected chi connectivity index (χ2v) is 2.72. The van der Waals surface area contributed by atoms with Gasteiger partial charge in [0.25, 0.3) is 5.91 Å². The highest BCUT2D eigenvalue weighted by molar-refractivity contribution is 5.95. The summed E-state index contributed by atoms with van der Waals surface area (Å²) in [7, 11) is 1.61. The molecule has 0 radical (unpaired) electrons. The molecule has 0 aliphatic carbocycles. The standard InChI is InChI=1S/C9H12N2O/c1-6-4-7(2)11-5-8(6)9(12)10-3/h4-5H,1-3H3,(H,10,12). The highest BCUT2D eigenvalue weighted by Gasteiger charge is 2.06. The van der Waals surface area contributed by atoms with E-state index in [-0.39, 0.29) is 5.91 Å². The number of aryl methyl sites for hydroxylation is 2. The summed E-state index contributed by atoms with van der Waals surface area (Å²) in [5.74, 6) is -0.0833. The number of nitrogens with zero attached hydrogens (tertiary/aromatic N) is 1. The van der Waals surface area contributed by atoms with Gasteiger partial charge in [-0.2, -0.15) is 0 Å². The van der Waals surface area contributed by atoms with Crippen molar-refractivity contribution in [3.8, 4) is 0 Å². The van der Waals surface area contributed by atoms with Gasteiger partial charge in [-0.3, -0.25) is 9.78 Å². The zero-order chi connectivity index (χ0) is 9.14. The summed E-state index contributed by atoms with van der Waals surface area (Å²) in [4.78, 5) is 15.2. The molecule has 0 fully saturated rings. The molecular formula is C9H12N2O. The highest BCUT2D eigenvalue weighted by atomic mass is 16.1. The second kappa shape index (κ2) is 3.34. The van der Waals surface area contributed by atoms with E-state index >= 15 is 0 Å². The number of hydrogen-bond acceptors (Lipinski definition) is 2. The van der Waals surface area contributed by atoms with Crippen LogP contribution in [0.2, 0.25) is 0 Å². The van der Waals surface area contributed by atoms with Crippen molar-refractivity contribution in [1.82, 2.24) is 10.3 Å². The Morgan fingerprint density at radius 3 is 2.67 bits per heavy atom. The predicted octanol–water partition coefficient (Wildman–Crippen LogP) is 1.06. The lowest BCUT2D eigenvalue weighted by atomic mass is 10.1. The van der Waals surface area contributed by atoms with E-state index in [1.54, 1.807) is 13.2 Å². The van der Waals surface area contributed by atoms with E-state index in [1.807, 2.05) is 19.9 Å². The molecule has 3 nitrogen and oxygen atoms in total. The van der Waals surface area contributed by atoms with E-state index in [0.717, 1.165) is 11.3 Å². The third-order valence-electron chi connectivity index (χ3n) is 1.72. The largest absolute Gasteiger partial charge is 0.355 e. The molecule has 1 amide bonds. The van der Waals surface area contributed by atoms with Crippen LogP contribution >= 0.6 is 0 Å². The Labute approximate surface area is 71.8 Å². The van der Waals surface area contributed by atoms with Crippen LogP contribution < -0.4 is 5.32 Å². The predicted molar refractivity (Wildman–Crippen MR) is 47.1 cm³/mol. The molecule has 64 valence electrons. The van der Waals surface area contributed by atoms with Gasteiger partial charge in [0.15, 0.2) is 0 Å². The Hall–Kier alpha value is -1.38. The van der Waals surface area contributed by atoms with Crippen molar-refractivity contribution in [2.45, 2.75) is 13.8 Å². The van der Waals surface area contributed by atoms with Gasteiger partial charge in [0.05, 0.1) is 5.56 Å². The molecule has 1 aromatic heterocycles. The van der Waals surface area contributed by atoms with Crippen LogP contribution in [0, 0.1) is 13.8 Å². The molecular weight excluding hydrogens is 152 g/mol. The van der Waals surface area contributed by atoms with Crippen LogP contribution in [0.5, 0.6) is 0 Å². The van der Waals surface area contributed by atoms with Crippen molar-refractivity contribution in [2.75, 3.05) is 7.05 Å². The lowest BCUT2D eigenvalue weighted by Gasteiger charge is -2.03. The van der Waals surface area contributed by atoms with Crippen LogP contribution in [0.1, 0.15) is 21.6 Å². The number of hydrogen-bond donors (Lipinski definition) is 1. The monoisotopic (exact) mass is 164 g/mol. The molecule has 0 saturated heterocycles. The zero-order valence-corrected chi connectivity index (χ0v) is 7.51. The number of carbonyl (C=O) groups is 1. The van der Waals surface area contributed by atoms with Crippen molar-refractivity contribution in [1.29, 1.82) is 0 Å². The Morgan fingerprint density at radius 1 is 1.50 bits per heavy atom. The van der Waals surface area contributed by atoms with Crippen LogP contribution in [-0.2, 0) is 0 Å². The molecule has 1 N–H and O–H groups in total. The molecule has 0 aromatic carbocycles. The first-order valence-corrected chi connectivity index (χ1v) is 3.80. The number of amides is 1. The van der Waals surface area contributed by atoms with Crippen molar-refractivity contribution in [3.63, 3.8) is 0 Å². The van der Waals surface area contributed by atoms with Gasteiger partial charge in [0.2, 0.25) is 0 Å². The van der Waals surface area contributed by atoms with Crippen molar-refractivity contribution in [3.05, 3.63) is 29.1 Å². The van der Waals surface area contributed by atoms with E-state index in [1.165, 1.54) is 0 Å². The fourth-order valence-electron chi connectivity index (χ4n) is 1.07. The smallest absolute Gasteiger partial charge is 0.252 e. The molecule has 3 heteroatoms. The highest BCUT2D eigenvalue weighted by Crippen LogP contribution is 2.06.